The Balaban J connectivity index is 1.67. The number of anilines is 1. The number of nitrogens with zero attached hydrogens (tertiary/aromatic N) is 3. The van der Waals surface area contributed by atoms with Gasteiger partial charge in [0.15, 0.2) is 0 Å². The predicted octanol–water partition coefficient (Wildman–Crippen LogP) is 4.43. The molecule has 1 aliphatic rings. The first-order valence-electron chi connectivity index (χ1n) is 10.6. The van der Waals surface area contributed by atoms with Gasteiger partial charge in [-0.2, -0.15) is 0 Å². The van der Waals surface area contributed by atoms with Gasteiger partial charge in [-0.15, -0.1) is 0 Å². The lowest BCUT2D eigenvalue weighted by molar-refractivity contribution is -0.119. The zero-order valence-corrected chi connectivity index (χ0v) is 18.2. The average molecular weight is 425 g/mol. The summed E-state index contributed by atoms with van der Waals surface area (Å²) in [7, 11) is 3.75. The lowest BCUT2D eigenvalue weighted by Crippen LogP contribution is -2.44. The summed E-state index contributed by atoms with van der Waals surface area (Å²) in [5.74, 6) is -0.362. The van der Waals surface area contributed by atoms with E-state index in [2.05, 4.69) is 10.3 Å². The topological polar surface area (TPSA) is 67.2 Å². The molecule has 1 aliphatic heterocycles. The van der Waals surface area contributed by atoms with Crippen LogP contribution in [0.5, 0.6) is 0 Å². The van der Waals surface area contributed by atoms with Crippen LogP contribution in [0, 0.1) is 6.92 Å². The second-order valence-corrected chi connectivity index (χ2v) is 8.35. The van der Waals surface area contributed by atoms with Gasteiger partial charge in [-0.1, -0.05) is 42.5 Å². The number of aryl methyl sites for hydroxylation is 2. The number of nitrogens with one attached hydrogen (secondary N) is 1. The number of benzene rings is 2. The van der Waals surface area contributed by atoms with Crippen LogP contribution >= 0.6 is 0 Å². The van der Waals surface area contributed by atoms with Crippen molar-refractivity contribution >= 4 is 28.5 Å². The van der Waals surface area contributed by atoms with Crippen molar-refractivity contribution in [2.75, 3.05) is 12.4 Å². The molecular weight excluding hydrogens is 400 g/mol. The van der Waals surface area contributed by atoms with E-state index in [0.717, 1.165) is 27.6 Å². The number of carbonyl (C=O) groups excluding carboxylic acids is 2. The Morgan fingerprint density at radius 1 is 0.969 bits per heavy atom. The Labute approximate surface area is 186 Å². The first-order valence-corrected chi connectivity index (χ1v) is 10.6. The van der Waals surface area contributed by atoms with Crippen molar-refractivity contribution in [3.8, 4) is 0 Å². The number of aromatic nitrogens is 2. The number of likely N-dealkylation sites (N-methyl/N-ethyl adjacent to an activating group) is 1. The van der Waals surface area contributed by atoms with Gasteiger partial charge in [0.05, 0.1) is 12.0 Å². The van der Waals surface area contributed by atoms with Crippen LogP contribution in [0.4, 0.5) is 5.82 Å². The van der Waals surface area contributed by atoms with Gasteiger partial charge in [0.2, 0.25) is 5.91 Å². The number of fused-ring (bicyclic) bond motifs is 2. The van der Waals surface area contributed by atoms with E-state index in [1.54, 1.807) is 30.3 Å². The van der Waals surface area contributed by atoms with Crippen LogP contribution in [0.1, 0.15) is 39.0 Å². The summed E-state index contributed by atoms with van der Waals surface area (Å²) in [6.45, 7) is 1.95. The quantitative estimate of drug-likeness (QED) is 0.529. The van der Waals surface area contributed by atoms with Crippen molar-refractivity contribution in [1.82, 2.24) is 14.5 Å². The summed E-state index contributed by atoms with van der Waals surface area (Å²) in [4.78, 5) is 33.0. The van der Waals surface area contributed by atoms with E-state index in [1.165, 1.54) is 0 Å². The maximum Gasteiger partial charge on any atom is 0.254 e. The third kappa shape index (κ3) is 3.15. The van der Waals surface area contributed by atoms with Gasteiger partial charge < -0.3 is 14.8 Å². The molecule has 2 aromatic carbocycles. The average Bonchev–Trinajstić information content (AvgIpc) is 3.14. The molecule has 1 N–H and O–H groups in total. The first-order chi connectivity index (χ1) is 15.5. The molecule has 0 spiro atoms. The molecular formula is C26H24N4O2. The molecule has 6 nitrogen and oxygen atoms in total. The number of hydrogen-bond acceptors (Lipinski definition) is 3. The van der Waals surface area contributed by atoms with E-state index in [9.17, 15) is 9.59 Å². The fourth-order valence-corrected chi connectivity index (χ4v) is 4.70. The Morgan fingerprint density at radius 3 is 2.50 bits per heavy atom. The molecule has 2 amide bonds. The largest absolute Gasteiger partial charge is 0.350 e. The van der Waals surface area contributed by atoms with E-state index in [4.69, 9.17) is 0 Å². The lowest BCUT2D eigenvalue weighted by Gasteiger charge is -2.39. The third-order valence-electron chi connectivity index (χ3n) is 6.27. The van der Waals surface area contributed by atoms with Gasteiger partial charge in [0.25, 0.3) is 5.91 Å². The number of para-hydroxylation sites is 1. The van der Waals surface area contributed by atoms with Crippen LogP contribution < -0.4 is 5.32 Å². The fraction of sp³-hybridized carbons (Fsp3) is 0.192. The molecule has 0 saturated carbocycles. The number of carbonyl (C=O) groups is 2. The highest BCUT2D eigenvalue weighted by atomic mass is 16.2. The van der Waals surface area contributed by atoms with Crippen molar-refractivity contribution in [1.29, 1.82) is 0 Å². The lowest BCUT2D eigenvalue weighted by atomic mass is 9.79. The van der Waals surface area contributed by atoms with Crippen molar-refractivity contribution in [3.63, 3.8) is 0 Å². The number of rotatable bonds is 3. The molecule has 0 aliphatic carbocycles. The Kier molecular flexibility index (Phi) is 4.78. The summed E-state index contributed by atoms with van der Waals surface area (Å²) in [6, 6.07) is 18.7. The standard InChI is InChI=1S/C26H24N4O2/c1-16-12-13-22(27-14-16)28-25(31)23-18-9-4-5-10-19(18)26(32)30(3)24(23)20-15-29(2)21-11-7-6-8-17(20)21/h4-15,23-24H,1-3H3,(H,27,28,31). The highest BCUT2D eigenvalue weighted by molar-refractivity contribution is 6.04. The molecule has 3 heterocycles. The summed E-state index contributed by atoms with van der Waals surface area (Å²) in [5, 5.41) is 4.01. The molecule has 4 aromatic rings. The zero-order chi connectivity index (χ0) is 22.4. The molecule has 2 unspecified atom stereocenters. The zero-order valence-electron chi connectivity index (χ0n) is 18.2. The van der Waals surface area contributed by atoms with Crippen LogP contribution in [-0.4, -0.2) is 33.3 Å². The highest BCUT2D eigenvalue weighted by Gasteiger charge is 2.43. The minimum Gasteiger partial charge on any atom is -0.350 e. The second kappa shape index (κ2) is 7.64. The van der Waals surface area contributed by atoms with Crippen LogP contribution in [0.25, 0.3) is 10.9 Å². The molecule has 5 rings (SSSR count). The minimum absolute atomic E-state index is 0.0870. The molecule has 160 valence electrons. The normalized spacial score (nSPS) is 18.0. The van der Waals surface area contributed by atoms with E-state index >= 15 is 0 Å². The van der Waals surface area contributed by atoms with E-state index in [1.807, 2.05) is 73.3 Å². The van der Waals surface area contributed by atoms with Gasteiger partial charge in [-0.3, -0.25) is 9.59 Å². The second-order valence-electron chi connectivity index (χ2n) is 8.35. The number of amides is 2. The fourth-order valence-electron chi connectivity index (χ4n) is 4.70. The van der Waals surface area contributed by atoms with Crippen LogP contribution in [0.15, 0.2) is 73.1 Å². The van der Waals surface area contributed by atoms with Gasteiger partial charge in [-0.05, 0) is 36.2 Å². The molecule has 6 heteroatoms. The van der Waals surface area contributed by atoms with Gasteiger partial charge in [0.1, 0.15) is 5.82 Å². The highest BCUT2D eigenvalue weighted by Crippen LogP contribution is 2.44. The van der Waals surface area contributed by atoms with Gasteiger partial charge in [-0.25, -0.2) is 4.98 Å². The smallest absolute Gasteiger partial charge is 0.254 e. The van der Waals surface area contributed by atoms with E-state index in [-0.39, 0.29) is 11.8 Å². The monoisotopic (exact) mass is 424 g/mol. The maximum atomic E-state index is 13.7. The number of pyridine rings is 1. The molecule has 2 aromatic heterocycles. The molecule has 0 fully saturated rings. The summed E-state index contributed by atoms with van der Waals surface area (Å²) >= 11 is 0. The van der Waals surface area contributed by atoms with Crippen LogP contribution in [0.2, 0.25) is 0 Å². The van der Waals surface area contributed by atoms with E-state index < -0.39 is 12.0 Å². The van der Waals surface area contributed by atoms with E-state index in [0.29, 0.717) is 11.4 Å². The van der Waals surface area contributed by atoms with Gasteiger partial charge >= 0.3 is 0 Å². The number of hydrogen-bond donors (Lipinski definition) is 1. The SMILES string of the molecule is Cc1ccc(NC(=O)C2c3ccccc3C(=O)N(C)C2c2cn(C)c3ccccc23)nc1. The summed E-state index contributed by atoms with van der Waals surface area (Å²) in [6.07, 6.45) is 3.75. The van der Waals surface area contributed by atoms with Gasteiger partial charge in [0, 0.05) is 48.5 Å². The maximum absolute atomic E-state index is 13.7. The van der Waals surface area contributed by atoms with Crippen molar-refractivity contribution in [2.45, 2.75) is 18.9 Å². The minimum atomic E-state index is -0.581. The summed E-state index contributed by atoms with van der Waals surface area (Å²) < 4.78 is 2.04. The predicted molar refractivity (Wildman–Crippen MR) is 125 cm³/mol. The molecule has 0 radical (unpaired) electrons. The molecule has 32 heavy (non-hydrogen) atoms. The Bertz CT molecular complexity index is 1340. The van der Waals surface area contributed by atoms with Crippen LogP contribution in [0.3, 0.4) is 0 Å². The molecule has 2 atom stereocenters. The van der Waals surface area contributed by atoms with Crippen molar-refractivity contribution in [3.05, 3.63) is 95.3 Å². The third-order valence-corrected chi connectivity index (χ3v) is 6.27. The Hall–Kier alpha value is -3.93. The van der Waals surface area contributed by atoms with Crippen molar-refractivity contribution < 1.29 is 9.59 Å². The Morgan fingerprint density at radius 2 is 1.72 bits per heavy atom. The first kappa shape index (κ1) is 20.0. The molecule has 0 bridgehead atoms. The van der Waals surface area contributed by atoms with Crippen LogP contribution in [-0.2, 0) is 11.8 Å². The van der Waals surface area contributed by atoms with Crippen molar-refractivity contribution in [2.24, 2.45) is 7.05 Å². The molecule has 0 saturated heterocycles. The summed E-state index contributed by atoms with van der Waals surface area (Å²) in [5.41, 5.74) is 4.32.